The Balaban J connectivity index is 1.47. The fourth-order valence-corrected chi connectivity index (χ4v) is 4.45. The lowest BCUT2D eigenvalue weighted by molar-refractivity contribution is -0.122. The summed E-state index contributed by atoms with van der Waals surface area (Å²) in [6.07, 6.45) is 7.31. The van der Waals surface area contributed by atoms with Gasteiger partial charge >= 0.3 is 0 Å². The standard InChI is InChI=1S/C24H34N4O2/c1-14-10-18(14)22(29)25-12-16-6-8-17(9-7-16)21-19(20-11-15(2)28-30-20)13-26-23(27-21)24(3,4)5/h11,13-14,16-18H,6-10,12H2,1-5H3,(H,25,29)/t14-,16?,17?,18-/m1/s1. The van der Waals surface area contributed by atoms with E-state index in [9.17, 15) is 4.79 Å². The second-order valence-electron chi connectivity index (χ2n) is 10.4. The monoisotopic (exact) mass is 410 g/mol. The number of carbonyl (C=O) groups is 1. The van der Waals surface area contributed by atoms with Crippen LogP contribution in [0.25, 0.3) is 11.3 Å². The molecule has 6 heteroatoms. The minimum absolute atomic E-state index is 0.105. The van der Waals surface area contributed by atoms with E-state index in [1.807, 2.05) is 19.2 Å². The van der Waals surface area contributed by atoms with Gasteiger partial charge in [0.1, 0.15) is 5.82 Å². The Hall–Kier alpha value is -2.24. The predicted octanol–water partition coefficient (Wildman–Crippen LogP) is 4.78. The molecule has 30 heavy (non-hydrogen) atoms. The first-order chi connectivity index (χ1) is 14.2. The number of hydrogen-bond acceptors (Lipinski definition) is 5. The van der Waals surface area contributed by atoms with Gasteiger partial charge < -0.3 is 9.84 Å². The Bertz CT molecular complexity index is 906. The van der Waals surface area contributed by atoms with Gasteiger partial charge in [-0.05, 0) is 50.9 Å². The van der Waals surface area contributed by atoms with E-state index in [2.05, 4.69) is 43.2 Å². The van der Waals surface area contributed by atoms with Crippen LogP contribution in [0.2, 0.25) is 0 Å². The average molecular weight is 411 g/mol. The van der Waals surface area contributed by atoms with Gasteiger partial charge in [0.15, 0.2) is 5.76 Å². The Morgan fingerprint density at radius 3 is 2.50 bits per heavy atom. The first kappa shape index (κ1) is 21.0. The van der Waals surface area contributed by atoms with Crippen LogP contribution in [-0.2, 0) is 10.2 Å². The van der Waals surface area contributed by atoms with Gasteiger partial charge in [0.2, 0.25) is 5.91 Å². The van der Waals surface area contributed by atoms with Crippen LogP contribution in [0.4, 0.5) is 0 Å². The van der Waals surface area contributed by atoms with Crippen LogP contribution in [0.15, 0.2) is 16.8 Å². The van der Waals surface area contributed by atoms with E-state index < -0.39 is 0 Å². The summed E-state index contributed by atoms with van der Waals surface area (Å²) in [5.74, 6) is 3.61. The molecule has 2 atom stereocenters. The van der Waals surface area contributed by atoms with Gasteiger partial charge in [-0.2, -0.15) is 0 Å². The minimum Gasteiger partial charge on any atom is -0.356 e. The molecule has 0 aliphatic heterocycles. The Labute approximate surface area is 179 Å². The van der Waals surface area contributed by atoms with Crippen molar-refractivity contribution in [3.63, 3.8) is 0 Å². The maximum atomic E-state index is 12.1. The third-order valence-electron chi connectivity index (χ3n) is 6.63. The zero-order valence-corrected chi connectivity index (χ0v) is 18.9. The summed E-state index contributed by atoms with van der Waals surface area (Å²) in [6, 6.07) is 1.96. The number of nitrogens with zero attached hydrogens (tertiary/aromatic N) is 3. The topological polar surface area (TPSA) is 80.9 Å². The fraction of sp³-hybridized carbons (Fsp3) is 0.667. The van der Waals surface area contributed by atoms with Gasteiger partial charge in [-0.1, -0.05) is 32.9 Å². The van der Waals surface area contributed by atoms with E-state index >= 15 is 0 Å². The first-order valence-electron chi connectivity index (χ1n) is 11.3. The molecule has 0 saturated heterocycles. The van der Waals surface area contributed by atoms with E-state index in [0.717, 1.165) is 67.2 Å². The molecule has 4 rings (SSSR count). The third kappa shape index (κ3) is 4.57. The van der Waals surface area contributed by atoms with Crippen molar-refractivity contribution >= 4 is 5.91 Å². The van der Waals surface area contributed by atoms with Crippen LogP contribution in [-0.4, -0.2) is 27.6 Å². The van der Waals surface area contributed by atoms with Crippen molar-refractivity contribution < 1.29 is 9.32 Å². The number of amides is 1. The van der Waals surface area contributed by atoms with Gasteiger partial charge in [0.05, 0.1) is 17.0 Å². The van der Waals surface area contributed by atoms with Crippen LogP contribution in [0.5, 0.6) is 0 Å². The van der Waals surface area contributed by atoms with E-state index in [-0.39, 0.29) is 17.2 Å². The molecule has 1 N–H and O–H groups in total. The summed E-state index contributed by atoms with van der Waals surface area (Å²) in [5.41, 5.74) is 2.80. The summed E-state index contributed by atoms with van der Waals surface area (Å²) < 4.78 is 5.55. The van der Waals surface area contributed by atoms with Crippen molar-refractivity contribution in [3.8, 4) is 11.3 Å². The highest BCUT2D eigenvalue weighted by molar-refractivity contribution is 5.81. The zero-order valence-electron chi connectivity index (χ0n) is 18.9. The quantitative estimate of drug-likeness (QED) is 0.767. The van der Waals surface area contributed by atoms with E-state index in [0.29, 0.717) is 17.8 Å². The molecule has 0 radical (unpaired) electrons. The van der Waals surface area contributed by atoms with Gasteiger partial charge in [-0.3, -0.25) is 4.79 Å². The molecule has 0 aromatic carbocycles. The third-order valence-corrected chi connectivity index (χ3v) is 6.63. The summed E-state index contributed by atoms with van der Waals surface area (Å²) in [6.45, 7) is 11.3. The molecule has 2 saturated carbocycles. The maximum absolute atomic E-state index is 12.1. The summed E-state index contributed by atoms with van der Waals surface area (Å²) in [5, 5.41) is 7.24. The van der Waals surface area contributed by atoms with Crippen LogP contribution in [0.1, 0.15) is 82.9 Å². The lowest BCUT2D eigenvalue weighted by Crippen LogP contribution is -2.32. The molecule has 0 bridgehead atoms. The van der Waals surface area contributed by atoms with Crippen molar-refractivity contribution in [1.82, 2.24) is 20.4 Å². The van der Waals surface area contributed by atoms with Crippen molar-refractivity contribution in [2.45, 2.75) is 78.1 Å². The highest BCUT2D eigenvalue weighted by Crippen LogP contribution is 2.40. The number of nitrogens with one attached hydrogen (secondary N) is 1. The average Bonchev–Trinajstić information content (AvgIpc) is 3.29. The molecule has 162 valence electrons. The maximum Gasteiger partial charge on any atom is 0.223 e. The van der Waals surface area contributed by atoms with Gasteiger partial charge in [0.25, 0.3) is 0 Å². The molecule has 2 aliphatic rings. The molecule has 2 aromatic rings. The number of aromatic nitrogens is 3. The smallest absolute Gasteiger partial charge is 0.223 e. The Morgan fingerprint density at radius 1 is 1.23 bits per heavy atom. The lowest BCUT2D eigenvalue weighted by Gasteiger charge is -2.30. The predicted molar refractivity (Wildman–Crippen MR) is 116 cm³/mol. The van der Waals surface area contributed by atoms with Crippen LogP contribution in [0.3, 0.4) is 0 Å². The second-order valence-corrected chi connectivity index (χ2v) is 10.4. The van der Waals surface area contributed by atoms with Crippen LogP contribution >= 0.6 is 0 Å². The first-order valence-corrected chi connectivity index (χ1v) is 11.3. The highest BCUT2D eigenvalue weighted by atomic mass is 16.5. The van der Waals surface area contributed by atoms with Crippen molar-refractivity contribution in [1.29, 1.82) is 0 Å². The molecule has 2 heterocycles. The van der Waals surface area contributed by atoms with Crippen LogP contribution < -0.4 is 5.32 Å². The van der Waals surface area contributed by atoms with Crippen molar-refractivity contribution in [2.75, 3.05) is 6.54 Å². The molecule has 1 amide bonds. The Kier molecular flexibility index (Phi) is 5.69. The number of hydrogen-bond donors (Lipinski definition) is 1. The number of rotatable bonds is 5. The summed E-state index contributed by atoms with van der Waals surface area (Å²) in [4.78, 5) is 21.8. The second kappa shape index (κ2) is 8.12. The van der Waals surface area contributed by atoms with E-state index in [1.165, 1.54) is 0 Å². The lowest BCUT2D eigenvalue weighted by atomic mass is 9.79. The number of aryl methyl sites for hydroxylation is 1. The van der Waals surface area contributed by atoms with Gasteiger partial charge in [-0.25, -0.2) is 9.97 Å². The molecule has 0 spiro atoms. The summed E-state index contributed by atoms with van der Waals surface area (Å²) >= 11 is 0. The van der Waals surface area contributed by atoms with Crippen molar-refractivity contribution in [2.24, 2.45) is 17.8 Å². The Morgan fingerprint density at radius 2 is 1.93 bits per heavy atom. The fourth-order valence-electron chi connectivity index (χ4n) is 4.45. The minimum atomic E-state index is -0.105. The molecule has 2 aromatic heterocycles. The molecular weight excluding hydrogens is 376 g/mol. The largest absolute Gasteiger partial charge is 0.356 e. The van der Waals surface area contributed by atoms with Crippen LogP contribution in [0, 0.1) is 24.7 Å². The number of carbonyl (C=O) groups excluding carboxylic acids is 1. The molecule has 0 unspecified atom stereocenters. The molecule has 6 nitrogen and oxygen atoms in total. The normalized spacial score (nSPS) is 26.4. The van der Waals surface area contributed by atoms with Gasteiger partial charge in [-0.15, -0.1) is 0 Å². The van der Waals surface area contributed by atoms with E-state index in [4.69, 9.17) is 9.51 Å². The molecule has 2 aliphatic carbocycles. The molecule has 2 fully saturated rings. The van der Waals surface area contributed by atoms with Gasteiger partial charge in [0, 0.05) is 36.1 Å². The molecular formula is C24H34N4O2. The highest BCUT2D eigenvalue weighted by Gasteiger charge is 2.39. The zero-order chi connectivity index (χ0) is 21.5. The summed E-state index contributed by atoms with van der Waals surface area (Å²) in [7, 11) is 0. The van der Waals surface area contributed by atoms with E-state index in [1.54, 1.807) is 0 Å². The SMILES string of the molecule is Cc1cc(-c2cnc(C(C)(C)C)nc2C2CCC(CNC(=O)[C@@H]3C[C@H]3C)CC2)on1. The van der Waals surface area contributed by atoms with Crippen molar-refractivity contribution in [3.05, 3.63) is 29.5 Å².